The van der Waals surface area contributed by atoms with E-state index in [4.69, 9.17) is 27.9 Å². The number of nitrogens with one attached hydrogen (secondary N) is 1. The number of rotatable bonds is 13. The molecule has 3 nitrogen and oxygen atoms in total. The van der Waals surface area contributed by atoms with Gasteiger partial charge in [0.15, 0.2) is 0 Å². The lowest BCUT2D eigenvalue weighted by atomic mass is 10.1. The van der Waals surface area contributed by atoms with E-state index in [1.54, 1.807) is 18.2 Å². The quantitative estimate of drug-likeness (QED) is 0.233. The predicted molar refractivity (Wildman–Crippen MR) is 115 cm³/mol. The summed E-state index contributed by atoms with van der Waals surface area (Å²) in [5.41, 5.74) is 0.970. The second-order valence-electron chi connectivity index (χ2n) is 6.92. The maximum absolute atomic E-state index is 11.5. The van der Waals surface area contributed by atoms with Gasteiger partial charge in [0.1, 0.15) is 0 Å². The molecule has 0 atom stereocenters. The van der Waals surface area contributed by atoms with Gasteiger partial charge in [-0.05, 0) is 42.9 Å². The summed E-state index contributed by atoms with van der Waals surface area (Å²) in [5.74, 6) is 0.437. The zero-order valence-electron chi connectivity index (χ0n) is 16.3. The van der Waals surface area contributed by atoms with Crippen LogP contribution < -0.4 is 5.32 Å². The Morgan fingerprint density at radius 2 is 1.93 bits per heavy atom. The highest BCUT2D eigenvalue weighted by Gasteiger charge is 2.01. The highest BCUT2D eigenvalue weighted by atomic mass is 35.5. The summed E-state index contributed by atoms with van der Waals surface area (Å²) in [4.78, 5) is 11.5. The summed E-state index contributed by atoms with van der Waals surface area (Å²) in [5, 5.41) is 4.14. The van der Waals surface area contributed by atoms with Crippen LogP contribution in [0.4, 0.5) is 0 Å². The van der Waals surface area contributed by atoms with Crippen molar-refractivity contribution in [2.24, 2.45) is 5.92 Å². The van der Waals surface area contributed by atoms with E-state index in [0.29, 0.717) is 29.1 Å². The number of halogens is 2. The van der Waals surface area contributed by atoms with Crippen molar-refractivity contribution in [1.82, 2.24) is 5.32 Å². The summed E-state index contributed by atoms with van der Waals surface area (Å²) in [7, 11) is 0. The molecular formula is C22H31Cl2NO2. The SMILES string of the molecule is CC(C)CNC(=O)/C=C/C=C/CCCCCCOCc1ccc(Cl)cc1Cl. The zero-order chi connectivity index (χ0) is 19.9. The average Bonchev–Trinajstić information content (AvgIpc) is 2.62. The van der Waals surface area contributed by atoms with E-state index in [2.05, 4.69) is 25.2 Å². The van der Waals surface area contributed by atoms with Crippen molar-refractivity contribution in [1.29, 1.82) is 0 Å². The van der Waals surface area contributed by atoms with Crippen LogP contribution in [0.5, 0.6) is 0 Å². The topological polar surface area (TPSA) is 38.3 Å². The molecule has 0 radical (unpaired) electrons. The minimum absolute atomic E-state index is 0.0340. The molecule has 0 bridgehead atoms. The molecule has 0 aromatic heterocycles. The van der Waals surface area contributed by atoms with Crippen LogP contribution in [0.3, 0.4) is 0 Å². The number of ether oxygens (including phenoxy) is 1. The number of benzene rings is 1. The summed E-state index contributed by atoms with van der Waals surface area (Å²) in [6, 6.07) is 5.47. The van der Waals surface area contributed by atoms with E-state index in [1.165, 1.54) is 6.42 Å². The zero-order valence-corrected chi connectivity index (χ0v) is 17.9. The van der Waals surface area contributed by atoms with E-state index >= 15 is 0 Å². The first-order valence-corrected chi connectivity index (χ1v) is 10.4. The third-order valence-corrected chi connectivity index (χ3v) is 4.45. The van der Waals surface area contributed by atoms with Crippen molar-refractivity contribution in [3.63, 3.8) is 0 Å². The van der Waals surface area contributed by atoms with Crippen LogP contribution in [0.2, 0.25) is 10.0 Å². The maximum atomic E-state index is 11.5. The first-order valence-electron chi connectivity index (χ1n) is 9.61. The van der Waals surface area contributed by atoms with E-state index in [9.17, 15) is 4.79 Å². The Hall–Kier alpha value is -1.29. The number of allylic oxidation sites excluding steroid dienone is 3. The molecule has 0 unspecified atom stereocenters. The van der Waals surface area contributed by atoms with Gasteiger partial charge in [0.25, 0.3) is 0 Å². The minimum Gasteiger partial charge on any atom is -0.377 e. The normalized spacial score (nSPS) is 11.7. The van der Waals surface area contributed by atoms with Crippen LogP contribution >= 0.6 is 23.2 Å². The third kappa shape index (κ3) is 12.7. The Labute approximate surface area is 173 Å². The number of carbonyl (C=O) groups excluding carboxylic acids is 1. The number of carbonyl (C=O) groups is 1. The Morgan fingerprint density at radius 1 is 1.15 bits per heavy atom. The fourth-order valence-electron chi connectivity index (χ4n) is 2.32. The van der Waals surface area contributed by atoms with Crippen molar-refractivity contribution in [2.75, 3.05) is 13.2 Å². The molecule has 27 heavy (non-hydrogen) atoms. The summed E-state index contributed by atoms with van der Waals surface area (Å²) >= 11 is 12.0. The minimum atomic E-state index is -0.0340. The van der Waals surface area contributed by atoms with Gasteiger partial charge in [0.05, 0.1) is 6.61 Å². The van der Waals surface area contributed by atoms with Crippen LogP contribution in [-0.2, 0) is 16.1 Å². The molecule has 1 aromatic rings. The van der Waals surface area contributed by atoms with E-state index in [1.807, 2.05) is 18.2 Å². The highest BCUT2D eigenvalue weighted by Crippen LogP contribution is 2.21. The smallest absolute Gasteiger partial charge is 0.243 e. The van der Waals surface area contributed by atoms with Crippen LogP contribution in [-0.4, -0.2) is 19.1 Å². The van der Waals surface area contributed by atoms with E-state index < -0.39 is 0 Å². The number of unbranched alkanes of at least 4 members (excludes halogenated alkanes) is 4. The maximum Gasteiger partial charge on any atom is 0.243 e. The molecule has 150 valence electrons. The van der Waals surface area contributed by atoms with Crippen LogP contribution in [0.15, 0.2) is 42.5 Å². The van der Waals surface area contributed by atoms with Gasteiger partial charge >= 0.3 is 0 Å². The molecule has 0 fully saturated rings. The molecule has 0 saturated carbocycles. The van der Waals surface area contributed by atoms with Crippen LogP contribution in [0.1, 0.15) is 51.5 Å². The van der Waals surface area contributed by atoms with Gasteiger partial charge in [-0.3, -0.25) is 4.79 Å². The standard InChI is InChI=1S/C22H31Cl2NO2/c1-18(2)16-25-22(26)11-9-7-5-3-4-6-8-10-14-27-17-19-12-13-20(23)15-21(19)24/h5,7,9,11-13,15,18H,3-4,6,8,10,14,16-17H2,1-2H3,(H,25,26)/b7-5+,11-9+. The third-order valence-electron chi connectivity index (χ3n) is 3.86. The Bertz CT molecular complexity index is 612. The first-order chi connectivity index (χ1) is 13.0. The summed E-state index contributed by atoms with van der Waals surface area (Å²) < 4.78 is 5.67. The van der Waals surface area contributed by atoms with Crippen molar-refractivity contribution in [3.8, 4) is 0 Å². The van der Waals surface area contributed by atoms with Crippen molar-refractivity contribution >= 4 is 29.1 Å². The van der Waals surface area contributed by atoms with Gasteiger partial charge < -0.3 is 10.1 Å². The lowest BCUT2D eigenvalue weighted by molar-refractivity contribution is -0.116. The summed E-state index contributed by atoms with van der Waals surface area (Å²) in [6.07, 6.45) is 13.0. The molecule has 0 spiro atoms. The predicted octanol–water partition coefficient (Wildman–Crippen LogP) is 6.35. The van der Waals surface area contributed by atoms with Gasteiger partial charge in [-0.15, -0.1) is 0 Å². The molecular weight excluding hydrogens is 381 g/mol. The molecule has 0 saturated heterocycles. The Kier molecular flexibility index (Phi) is 13.0. The van der Waals surface area contributed by atoms with E-state index in [-0.39, 0.29) is 5.91 Å². The molecule has 0 heterocycles. The molecule has 1 rings (SSSR count). The lowest BCUT2D eigenvalue weighted by Gasteiger charge is -2.06. The van der Waals surface area contributed by atoms with Crippen molar-refractivity contribution in [2.45, 2.75) is 52.6 Å². The molecule has 1 aromatic carbocycles. The monoisotopic (exact) mass is 411 g/mol. The van der Waals surface area contributed by atoms with Gasteiger partial charge in [-0.2, -0.15) is 0 Å². The van der Waals surface area contributed by atoms with Gasteiger partial charge in [-0.25, -0.2) is 0 Å². The summed E-state index contributed by atoms with van der Waals surface area (Å²) in [6.45, 7) is 6.12. The Morgan fingerprint density at radius 3 is 2.67 bits per heavy atom. The fraction of sp³-hybridized carbons (Fsp3) is 0.500. The first kappa shape index (κ1) is 23.7. The molecule has 1 N–H and O–H groups in total. The van der Waals surface area contributed by atoms with Crippen molar-refractivity contribution < 1.29 is 9.53 Å². The molecule has 0 aliphatic rings. The lowest BCUT2D eigenvalue weighted by Crippen LogP contribution is -2.25. The fourth-order valence-corrected chi connectivity index (χ4v) is 2.79. The molecule has 1 amide bonds. The van der Waals surface area contributed by atoms with Crippen molar-refractivity contribution in [3.05, 3.63) is 58.1 Å². The number of hydrogen-bond donors (Lipinski definition) is 1. The van der Waals surface area contributed by atoms with Crippen LogP contribution in [0, 0.1) is 5.92 Å². The Balaban J connectivity index is 1.97. The largest absolute Gasteiger partial charge is 0.377 e. The average molecular weight is 412 g/mol. The van der Waals surface area contributed by atoms with Crippen LogP contribution in [0.25, 0.3) is 0 Å². The van der Waals surface area contributed by atoms with Gasteiger partial charge in [0.2, 0.25) is 5.91 Å². The molecule has 0 aliphatic carbocycles. The molecule has 5 heteroatoms. The number of amides is 1. The van der Waals surface area contributed by atoms with Gasteiger partial charge in [0, 0.05) is 29.3 Å². The van der Waals surface area contributed by atoms with E-state index in [0.717, 1.165) is 37.9 Å². The number of hydrogen-bond acceptors (Lipinski definition) is 2. The van der Waals surface area contributed by atoms with Gasteiger partial charge in [-0.1, -0.05) is 74.2 Å². The second-order valence-corrected chi connectivity index (χ2v) is 7.76. The second kappa shape index (κ2) is 14.7. The highest BCUT2D eigenvalue weighted by molar-refractivity contribution is 6.35. The molecule has 0 aliphatic heterocycles.